The summed E-state index contributed by atoms with van der Waals surface area (Å²) in [5.74, 6) is -1.27. The van der Waals surface area contributed by atoms with Crippen LogP contribution in [-0.2, 0) is 31.8 Å². The minimum atomic E-state index is -4.11. The Morgan fingerprint density at radius 3 is 2.65 bits per heavy atom. The number of oxime groups is 1. The Bertz CT molecular complexity index is 1160. The number of benzene rings is 1. The lowest BCUT2D eigenvalue weighted by atomic mass is 10.2. The molecule has 31 heavy (non-hydrogen) atoms. The molecule has 0 atom stereocenters. The molecular weight excluding hydrogens is 448 g/mol. The molecule has 1 amide bonds. The summed E-state index contributed by atoms with van der Waals surface area (Å²) >= 11 is 5.90. The number of guanidine groups is 1. The molecule has 0 bridgehead atoms. The fourth-order valence-corrected chi connectivity index (χ4v) is 4.53. The van der Waals surface area contributed by atoms with Crippen LogP contribution in [0.5, 0.6) is 0 Å². The number of halogens is 1. The van der Waals surface area contributed by atoms with Crippen molar-refractivity contribution in [3.8, 4) is 0 Å². The minimum Gasteiger partial charge on any atom is -0.397 e. The van der Waals surface area contributed by atoms with Crippen molar-refractivity contribution >= 4 is 39.0 Å². The smallest absolute Gasteiger partial charge is 0.272 e. The van der Waals surface area contributed by atoms with Crippen LogP contribution in [0.3, 0.4) is 0 Å². The maximum absolute atomic E-state index is 12.9. The van der Waals surface area contributed by atoms with Crippen molar-refractivity contribution < 1.29 is 18.0 Å². The Labute approximate surface area is 183 Å². The summed E-state index contributed by atoms with van der Waals surface area (Å²) in [6, 6.07) is 7.60. The highest BCUT2D eigenvalue weighted by Gasteiger charge is 2.25. The molecule has 0 unspecified atom stereocenters. The average Bonchev–Trinajstić information content (AvgIpc) is 2.63. The number of nitrogens with two attached hydrogens (primary N) is 3. The van der Waals surface area contributed by atoms with Crippen molar-refractivity contribution in [3.63, 3.8) is 0 Å². The highest BCUT2D eigenvalue weighted by molar-refractivity contribution is 7.90. The molecular formula is C18H23ClN6O5S. The second-order valence-electron chi connectivity index (χ2n) is 6.55. The molecule has 11 nitrogen and oxygen atoms in total. The molecule has 13 heteroatoms. The van der Waals surface area contributed by atoms with E-state index in [0.717, 1.165) is 4.57 Å². The third kappa shape index (κ3) is 6.62. The number of aryl methyl sites for hydroxylation is 1. The van der Waals surface area contributed by atoms with E-state index in [1.807, 2.05) is 0 Å². The number of carbonyl (C=O) groups excluding carboxylic acids is 1. The van der Waals surface area contributed by atoms with Crippen molar-refractivity contribution in [2.24, 2.45) is 16.6 Å². The fraction of sp³-hybridized carbons (Fsp3) is 0.278. The number of pyridine rings is 1. The first-order valence-electron chi connectivity index (χ1n) is 8.96. The van der Waals surface area contributed by atoms with Gasteiger partial charge in [0.25, 0.3) is 5.56 Å². The number of hydrogen-bond donors (Lipinski definition) is 4. The van der Waals surface area contributed by atoms with Gasteiger partial charge >= 0.3 is 0 Å². The summed E-state index contributed by atoms with van der Waals surface area (Å²) in [6.45, 7) is 1.20. The van der Waals surface area contributed by atoms with E-state index in [-0.39, 0.29) is 24.8 Å². The molecule has 0 aliphatic rings. The number of nitrogen functional groups attached to an aromatic ring is 1. The second kappa shape index (κ2) is 10.2. The Kier molecular flexibility index (Phi) is 7.89. The summed E-state index contributed by atoms with van der Waals surface area (Å²) in [6.07, 6.45) is 0. The predicted molar refractivity (Wildman–Crippen MR) is 117 cm³/mol. The van der Waals surface area contributed by atoms with E-state index in [1.165, 1.54) is 12.1 Å². The van der Waals surface area contributed by atoms with Crippen LogP contribution in [0.15, 0.2) is 45.2 Å². The van der Waals surface area contributed by atoms with Gasteiger partial charge in [0.15, 0.2) is 14.7 Å². The third-order valence-electron chi connectivity index (χ3n) is 4.04. The highest BCUT2D eigenvalue weighted by Crippen LogP contribution is 2.21. The number of nitrogens with zero attached hydrogens (tertiary/aromatic N) is 2. The largest absolute Gasteiger partial charge is 0.397 e. The highest BCUT2D eigenvalue weighted by atomic mass is 35.5. The van der Waals surface area contributed by atoms with Crippen molar-refractivity contribution in [1.82, 2.24) is 9.88 Å². The number of aromatic nitrogens is 1. The topological polar surface area (TPSA) is 185 Å². The van der Waals surface area contributed by atoms with Gasteiger partial charge in [-0.1, -0.05) is 23.7 Å². The Morgan fingerprint density at radius 1 is 1.29 bits per heavy atom. The lowest BCUT2D eigenvalue weighted by Crippen LogP contribution is -2.37. The standard InChI is InChI=1S/C18H23ClN6O5S/c1-11-7-14(20)16(31(28,29)10-12-3-2-4-13(19)8-12)17(27)25(11)9-15(26)23-5-6-30-24-18(21)22/h2-4,7-8H,5-6,9-10,20H2,1H3,(H,23,26)(H4,21,22,24). The van der Waals surface area contributed by atoms with Crippen molar-refractivity contribution in [2.45, 2.75) is 24.1 Å². The van der Waals surface area contributed by atoms with E-state index in [1.54, 1.807) is 25.1 Å². The number of rotatable bonds is 9. The van der Waals surface area contributed by atoms with E-state index in [2.05, 4.69) is 10.5 Å². The first kappa shape index (κ1) is 24.0. The monoisotopic (exact) mass is 470 g/mol. The van der Waals surface area contributed by atoms with Crippen LogP contribution in [0.25, 0.3) is 0 Å². The second-order valence-corrected chi connectivity index (χ2v) is 8.91. The SMILES string of the molecule is Cc1cc(N)c(S(=O)(=O)Cc2cccc(Cl)c2)c(=O)n1CC(=O)NCCON=C(N)N. The number of amides is 1. The van der Waals surface area contributed by atoms with E-state index in [4.69, 9.17) is 33.6 Å². The molecule has 1 heterocycles. The molecule has 0 radical (unpaired) electrons. The summed E-state index contributed by atoms with van der Waals surface area (Å²) in [4.78, 5) is 29.3. The molecule has 168 valence electrons. The van der Waals surface area contributed by atoms with Gasteiger partial charge in [0.2, 0.25) is 11.9 Å². The van der Waals surface area contributed by atoms with Crippen LogP contribution in [0.2, 0.25) is 5.02 Å². The minimum absolute atomic E-state index is 0.00146. The Hall–Kier alpha value is -3.25. The van der Waals surface area contributed by atoms with E-state index >= 15 is 0 Å². The molecule has 7 N–H and O–H groups in total. The normalized spacial score (nSPS) is 11.0. The molecule has 0 aliphatic carbocycles. The van der Waals surface area contributed by atoms with Gasteiger partial charge in [0, 0.05) is 10.7 Å². The summed E-state index contributed by atoms with van der Waals surface area (Å²) in [5, 5.41) is 6.17. The summed E-state index contributed by atoms with van der Waals surface area (Å²) in [7, 11) is -4.11. The predicted octanol–water partition coefficient (Wildman–Crippen LogP) is -0.313. The van der Waals surface area contributed by atoms with Gasteiger partial charge < -0.3 is 31.9 Å². The van der Waals surface area contributed by atoms with E-state index in [9.17, 15) is 18.0 Å². The molecule has 2 aromatic rings. The number of anilines is 1. The molecule has 2 rings (SSSR count). The first-order chi connectivity index (χ1) is 14.5. The summed E-state index contributed by atoms with van der Waals surface area (Å²) in [5.41, 5.74) is 15.7. The van der Waals surface area contributed by atoms with Gasteiger partial charge in [0.05, 0.1) is 18.0 Å². The Morgan fingerprint density at radius 2 is 2.00 bits per heavy atom. The van der Waals surface area contributed by atoms with E-state index in [0.29, 0.717) is 16.3 Å². The van der Waals surface area contributed by atoms with Gasteiger partial charge in [-0.25, -0.2) is 8.42 Å². The maximum atomic E-state index is 12.9. The van der Waals surface area contributed by atoms with Crippen molar-refractivity contribution in [1.29, 1.82) is 0 Å². The van der Waals surface area contributed by atoms with Gasteiger partial charge in [-0.3, -0.25) is 9.59 Å². The van der Waals surface area contributed by atoms with Gasteiger partial charge in [-0.05, 0) is 35.8 Å². The van der Waals surface area contributed by atoms with Crippen LogP contribution in [-0.4, -0.2) is 38.0 Å². The lowest BCUT2D eigenvalue weighted by Gasteiger charge is -2.14. The molecule has 0 aliphatic heterocycles. The zero-order valence-electron chi connectivity index (χ0n) is 16.7. The van der Waals surface area contributed by atoms with E-state index < -0.39 is 38.5 Å². The van der Waals surface area contributed by atoms with Crippen LogP contribution in [0, 0.1) is 6.92 Å². The lowest BCUT2D eigenvalue weighted by molar-refractivity contribution is -0.122. The van der Waals surface area contributed by atoms with Crippen molar-refractivity contribution in [2.75, 3.05) is 18.9 Å². The molecule has 0 spiro atoms. The number of carbonyl (C=O) groups is 1. The van der Waals surface area contributed by atoms with Crippen LogP contribution in [0.1, 0.15) is 11.3 Å². The van der Waals surface area contributed by atoms with Crippen LogP contribution < -0.4 is 28.1 Å². The van der Waals surface area contributed by atoms with Gasteiger partial charge in [-0.2, -0.15) is 0 Å². The first-order valence-corrected chi connectivity index (χ1v) is 11.0. The zero-order chi connectivity index (χ0) is 23.2. The molecule has 0 saturated carbocycles. The third-order valence-corrected chi connectivity index (χ3v) is 6.02. The van der Waals surface area contributed by atoms with Crippen molar-refractivity contribution in [3.05, 3.63) is 57.0 Å². The molecule has 1 aromatic carbocycles. The zero-order valence-corrected chi connectivity index (χ0v) is 18.2. The number of hydrogen-bond acceptors (Lipinski definition) is 7. The quantitative estimate of drug-likeness (QED) is 0.166. The molecule has 0 saturated heterocycles. The molecule has 0 fully saturated rings. The van der Waals surface area contributed by atoms with Gasteiger partial charge in [-0.15, -0.1) is 0 Å². The van der Waals surface area contributed by atoms with Crippen LogP contribution in [0.4, 0.5) is 5.69 Å². The summed E-state index contributed by atoms with van der Waals surface area (Å²) < 4.78 is 26.9. The average molecular weight is 471 g/mol. The maximum Gasteiger partial charge on any atom is 0.272 e. The molecule has 1 aromatic heterocycles. The van der Waals surface area contributed by atoms with Gasteiger partial charge in [0.1, 0.15) is 13.2 Å². The Balaban J connectivity index is 2.23. The number of nitrogens with one attached hydrogen (secondary N) is 1. The fourth-order valence-electron chi connectivity index (χ4n) is 2.76. The van der Waals surface area contributed by atoms with Crippen LogP contribution >= 0.6 is 11.6 Å². The number of sulfone groups is 1.